The van der Waals surface area contributed by atoms with Gasteiger partial charge in [0.15, 0.2) is 0 Å². The van der Waals surface area contributed by atoms with Crippen molar-refractivity contribution in [3.8, 4) is 11.3 Å². The summed E-state index contributed by atoms with van der Waals surface area (Å²) in [6.07, 6.45) is 2.47. The molecule has 1 aliphatic heterocycles. The number of benzene rings is 1. The van der Waals surface area contributed by atoms with Crippen molar-refractivity contribution in [2.75, 3.05) is 6.54 Å². The molecule has 3 heteroatoms. The molecule has 1 aliphatic rings. The van der Waals surface area contributed by atoms with E-state index in [9.17, 15) is 0 Å². The van der Waals surface area contributed by atoms with Crippen molar-refractivity contribution in [1.29, 1.82) is 0 Å². The minimum absolute atomic E-state index is 0.474. The maximum absolute atomic E-state index is 4.63. The smallest absolute Gasteiger partial charge is 0.0926 e. The lowest BCUT2D eigenvalue weighted by Crippen LogP contribution is -2.16. The summed E-state index contributed by atoms with van der Waals surface area (Å²) in [7, 11) is 2.03. The first-order chi connectivity index (χ1) is 8.74. The Hall–Kier alpha value is -1.61. The van der Waals surface area contributed by atoms with Crippen molar-refractivity contribution in [3.63, 3.8) is 0 Å². The standard InChI is InChI=1S/C15H19N3/c1-11-5-7-12(8-6-11)14-10-15(18(2)17-14)13-4-3-9-16-13/h5-8,10,13,16H,3-4,9H2,1-2H3. The second-order valence-corrected chi connectivity index (χ2v) is 5.09. The molecule has 2 aromatic rings. The fourth-order valence-corrected chi connectivity index (χ4v) is 2.61. The Balaban J connectivity index is 1.94. The van der Waals surface area contributed by atoms with Gasteiger partial charge in [-0.2, -0.15) is 5.10 Å². The molecule has 1 saturated heterocycles. The van der Waals surface area contributed by atoms with Gasteiger partial charge in [0.1, 0.15) is 0 Å². The van der Waals surface area contributed by atoms with Crippen molar-refractivity contribution in [3.05, 3.63) is 41.6 Å². The molecular formula is C15H19N3. The van der Waals surface area contributed by atoms with Gasteiger partial charge < -0.3 is 5.32 Å². The van der Waals surface area contributed by atoms with Gasteiger partial charge in [-0.05, 0) is 32.4 Å². The van der Waals surface area contributed by atoms with E-state index in [1.54, 1.807) is 0 Å². The van der Waals surface area contributed by atoms with E-state index in [1.165, 1.54) is 29.7 Å². The Morgan fingerprint density at radius 2 is 2.06 bits per heavy atom. The molecule has 1 atom stereocenters. The molecule has 1 N–H and O–H groups in total. The number of nitrogens with zero attached hydrogens (tertiary/aromatic N) is 2. The van der Waals surface area contributed by atoms with Crippen LogP contribution in [0.5, 0.6) is 0 Å². The van der Waals surface area contributed by atoms with E-state index in [1.807, 2.05) is 11.7 Å². The predicted molar refractivity (Wildman–Crippen MR) is 73.4 cm³/mol. The van der Waals surface area contributed by atoms with E-state index < -0.39 is 0 Å². The van der Waals surface area contributed by atoms with Crippen LogP contribution in [-0.2, 0) is 7.05 Å². The molecule has 0 amide bonds. The van der Waals surface area contributed by atoms with Crippen molar-refractivity contribution in [1.82, 2.24) is 15.1 Å². The Kier molecular flexibility index (Phi) is 2.92. The van der Waals surface area contributed by atoms with Crippen LogP contribution >= 0.6 is 0 Å². The first kappa shape index (κ1) is 11.5. The van der Waals surface area contributed by atoms with Gasteiger partial charge in [-0.15, -0.1) is 0 Å². The maximum Gasteiger partial charge on any atom is 0.0926 e. The lowest BCUT2D eigenvalue weighted by molar-refractivity contribution is 0.574. The highest BCUT2D eigenvalue weighted by Gasteiger charge is 2.20. The van der Waals surface area contributed by atoms with Gasteiger partial charge in [0.25, 0.3) is 0 Å². The Morgan fingerprint density at radius 3 is 2.72 bits per heavy atom. The van der Waals surface area contributed by atoms with Crippen LogP contribution in [0.4, 0.5) is 0 Å². The SMILES string of the molecule is Cc1ccc(-c2cc(C3CCCN3)n(C)n2)cc1. The van der Waals surface area contributed by atoms with Gasteiger partial charge >= 0.3 is 0 Å². The Morgan fingerprint density at radius 1 is 1.28 bits per heavy atom. The van der Waals surface area contributed by atoms with Gasteiger partial charge in [0.05, 0.1) is 11.4 Å². The van der Waals surface area contributed by atoms with E-state index in [0.29, 0.717) is 6.04 Å². The van der Waals surface area contributed by atoms with E-state index in [0.717, 1.165) is 12.2 Å². The molecule has 1 aromatic carbocycles. The third-order valence-electron chi connectivity index (χ3n) is 3.68. The number of nitrogens with one attached hydrogen (secondary N) is 1. The molecule has 0 saturated carbocycles. The quantitative estimate of drug-likeness (QED) is 0.876. The molecule has 1 aromatic heterocycles. The van der Waals surface area contributed by atoms with Crippen molar-refractivity contribution in [2.45, 2.75) is 25.8 Å². The third-order valence-corrected chi connectivity index (χ3v) is 3.68. The molecule has 0 radical (unpaired) electrons. The van der Waals surface area contributed by atoms with Gasteiger partial charge in [-0.3, -0.25) is 4.68 Å². The summed E-state index contributed by atoms with van der Waals surface area (Å²) in [6, 6.07) is 11.2. The van der Waals surface area contributed by atoms with Crippen LogP contribution in [0, 0.1) is 6.92 Å². The molecular weight excluding hydrogens is 222 g/mol. The zero-order valence-corrected chi connectivity index (χ0v) is 11.0. The lowest BCUT2D eigenvalue weighted by atomic mass is 10.1. The molecule has 1 unspecified atom stereocenters. The monoisotopic (exact) mass is 241 g/mol. The summed E-state index contributed by atoms with van der Waals surface area (Å²) in [5.74, 6) is 0. The predicted octanol–water partition coefficient (Wildman–Crippen LogP) is 2.82. The first-order valence-corrected chi connectivity index (χ1v) is 6.58. The molecule has 18 heavy (non-hydrogen) atoms. The van der Waals surface area contributed by atoms with E-state index >= 15 is 0 Å². The molecule has 3 rings (SSSR count). The maximum atomic E-state index is 4.63. The Labute approximate surface area is 108 Å². The summed E-state index contributed by atoms with van der Waals surface area (Å²) in [4.78, 5) is 0. The summed E-state index contributed by atoms with van der Waals surface area (Å²) in [5, 5.41) is 8.16. The number of hydrogen-bond donors (Lipinski definition) is 1. The fourth-order valence-electron chi connectivity index (χ4n) is 2.61. The summed E-state index contributed by atoms with van der Waals surface area (Å²) in [5.41, 5.74) is 4.84. The van der Waals surface area contributed by atoms with Crippen LogP contribution in [-0.4, -0.2) is 16.3 Å². The van der Waals surface area contributed by atoms with Crippen molar-refractivity contribution < 1.29 is 0 Å². The van der Waals surface area contributed by atoms with E-state index in [-0.39, 0.29) is 0 Å². The van der Waals surface area contributed by atoms with Gasteiger partial charge in [0, 0.05) is 18.7 Å². The highest BCUT2D eigenvalue weighted by atomic mass is 15.3. The average molecular weight is 241 g/mol. The fraction of sp³-hybridized carbons (Fsp3) is 0.400. The highest BCUT2D eigenvalue weighted by Crippen LogP contribution is 2.27. The molecule has 0 bridgehead atoms. The molecule has 0 spiro atoms. The number of hydrogen-bond acceptors (Lipinski definition) is 2. The molecule has 0 aliphatic carbocycles. The Bertz CT molecular complexity index is 533. The second kappa shape index (κ2) is 4.58. The topological polar surface area (TPSA) is 29.9 Å². The first-order valence-electron chi connectivity index (χ1n) is 6.58. The van der Waals surface area contributed by atoms with Crippen LogP contribution in [0.15, 0.2) is 30.3 Å². The highest BCUT2D eigenvalue weighted by molar-refractivity contribution is 5.59. The second-order valence-electron chi connectivity index (χ2n) is 5.09. The number of rotatable bonds is 2. The van der Waals surface area contributed by atoms with Gasteiger partial charge in [-0.1, -0.05) is 29.8 Å². The summed E-state index contributed by atoms with van der Waals surface area (Å²) < 4.78 is 2.01. The van der Waals surface area contributed by atoms with Crippen LogP contribution < -0.4 is 5.32 Å². The largest absolute Gasteiger partial charge is 0.309 e. The molecule has 2 heterocycles. The van der Waals surface area contributed by atoms with Gasteiger partial charge in [0.2, 0.25) is 0 Å². The van der Waals surface area contributed by atoms with E-state index in [4.69, 9.17) is 0 Å². The number of aromatic nitrogens is 2. The van der Waals surface area contributed by atoms with Gasteiger partial charge in [-0.25, -0.2) is 0 Å². The van der Waals surface area contributed by atoms with Crippen molar-refractivity contribution in [2.24, 2.45) is 7.05 Å². The molecule has 1 fully saturated rings. The third kappa shape index (κ3) is 2.06. The summed E-state index contributed by atoms with van der Waals surface area (Å²) >= 11 is 0. The van der Waals surface area contributed by atoms with Crippen LogP contribution in [0.3, 0.4) is 0 Å². The van der Waals surface area contributed by atoms with Crippen LogP contribution in [0.25, 0.3) is 11.3 Å². The van der Waals surface area contributed by atoms with Crippen molar-refractivity contribution >= 4 is 0 Å². The van der Waals surface area contributed by atoms with Crippen LogP contribution in [0.2, 0.25) is 0 Å². The molecule has 3 nitrogen and oxygen atoms in total. The minimum atomic E-state index is 0.474. The van der Waals surface area contributed by atoms with E-state index in [2.05, 4.69) is 47.7 Å². The lowest BCUT2D eigenvalue weighted by Gasteiger charge is -2.09. The zero-order chi connectivity index (χ0) is 12.5. The zero-order valence-electron chi connectivity index (χ0n) is 11.0. The minimum Gasteiger partial charge on any atom is -0.309 e. The normalized spacial score (nSPS) is 19.3. The average Bonchev–Trinajstić information content (AvgIpc) is 2.99. The van der Waals surface area contributed by atoms with Crippen LogP contribution in [0.1, 0.15) is 30.1 Å². The summed E-state index contributed by atoms with van der Waals surface area (Å²) in [6.45, 7) is 3.23. The number of aryl methyl sites for hydroxylation is 2. The molecule has 94 valence electrons.